The first-order valence-electron chi connectivity index (χ1n) is 12.2. The normalized spacial score (nSPS) is 24.3. The van der Waals surface area contributed by atoms with E-state index < -0.39 is 17.7 Å². The molecule has 2 aromatic rings. The van der Waals surface area contributed by atoms with Crippen LogP contribution in [0.4, 0.5) is 0 Å². The summed E-state index contributed by atoms with van der Waals surface area (Å²) in [5.41, 5.74) is 5.35. The van der Waals surface area contributed by atoms with Crippen LogP contribution in [-0.4, -0.2) is 41.0 Å². The minimum atomic E-state index is -0.618. The average Bonchev–Trinajstić information content (AvgIpc) is 3.46. The molecule has 0 saturated carbocycles. The number of hydrogen-bond donors (Lipinski definition) is 1. The van der Waals surface area contributed by atoms with Crippen LogP contribution in [0.5, 0.6) is 0 Å². The van der Waals surface area contributed by atoms with Crippen molar-refractivity contribution < 1.29 is 19.4 Å². The molecule has 0 radical (unpaired) electrons. The lowest BCUT2D eigenvalue weighted by Crippen LogP contribution is -2.36. The van der Waals surface area contributed by atoms with Gasteiger partial charge in [0.2, 0.25) is 0 Å². The summed E-state index contributed by atoms with van der Waals surface area (Å²) in [5, 5.41) is 11.4. The fourth-order valence-electron chi connectivity index (χ4n) is 5.39. The summed E-state index contributed by atoms with van der Waals surface area (Å²) in [6, 6.07) is 13.3. The first-order valence-corrected chi connectivity index (χ1v) is 12.2. The number of ketones is 1. The molecule has 1 aliphatic carbocycles. The Morgan fingerprint density at radius 2 is 1.79 bits per heavy atom. The number of aryl methyl sites for hydroxylation is 3. The van der Waals surface area contributed by atoms with Crippen LogP contribution in [0.1, 0.15) is 66.5 Å². The highest BCUT2D eigenvalue weighted by atomic mass is 16.5. The molecular weight excluding hydrogens is 414 g/mol. The molecule has 2 heterocycles. The summed E-state index contributed by atoms with van der Waals surface area (Å²) in [7, 11) is 0. The number of rotatable bonds is 5. The summed E-state index contributed by atoms with van der Waals surface area (Å²) < 4.78 is 5.78. The lowest BCUT2D eigenvalue weighted by molar-refractivity contribution is -0.140. The summed E-state index contributed by atoms with van der Waals surface area (Å²) in [6.07, 6.45) is 7.00. The molecule has 5 heteroatoms. The van der Waals surface area contributed by atoms with Crippen LogP contribution in [0.2, 0.25) is 0 Å². The molecule has 0 spiro atoms. The highest BCUT2D eigenvalue weighted by Crippen LogP contribution is 2.40. The second-order valence-corrected chi connectivity index (χ2v) is 9.37. The fraction of sp³-hybridized carbons (Fsp3) is 0.429. The van der Waals surface area contributed by atoms with E-state index in [1.165, 1.54) is 23.1 Å². The van der Waals surface area contributed by atoms with Crippen molar-refractivity contribution in [1.82, 2.24) is 4.90 Å². The maximum absolute atomic E-state index is 13.2. The molecule has 5 nitrogen and oxygen atoms in total. The van der Waals surface area contributed by atoms with Gasteiger partial charge in [-0.25, -0.2) is 0 Å². The molecule has 3 aliphatic rings. The summed E-state index contributed by atoms with van der Waals surface area (Å²) in [6.45, 7) is 3.12. The molecule has 172 valence electrons. The Kier molecular flexibility index (Phi) is 6.07. The number of aliphatic hydroxyl groups is 1. The first kappa shape index (κ1) is 21.9. The Balaban J connectivity index is 1.59. The van der Waals surface area contributed by atoms with Crippen LogP contribution in [0.15, 0.2) is 48.0 Å². The average molecular weight is 446 g/mol. The van der Waals surface area contributed by atoms with Crippen LogP contribution in [0.3, 0.4) is 0 Å². The molecule has 33 heavy (non-hydrogen) atoms. The van der Waals surface area contributed by atoms with Gasteiger partial charge in [-0.2, -0.15) is 0 Å². The van der Waals surface area contributed by atoms with E-state index in [1.807, 2.05) is 36.4 Å². The smallest absolute Gasteiger partial charge is 0.295 e. The van der Waals surface area contributed by atoms with E-state index in [-0.39, 0.29) is 17.4 Å². The zero-order valence-electron chi connectivity index (χ0n) is 19.2. The van der Waals surface area contributed by atoms with Gasteiger partial charge in [0.05, 0.1) is 17.7 Å². The van der Waals surface area contributed by atoms with Crippen LogP contribution >= 0.6 is 0 Å². The van der Waals surface area contributed by atoms with Crippen molar-refractivity contribution in [2.24, 2.45) is 0 Å². The van der Waals surface area contributed by atoms with E-state index in [4.69, 9.17) is 4.74 Å². The van der Waals surface area contributed by atoms with E-state index in [2.05, 4.69) is 13.0 Å². The molecule has 2 aliphatic heterocycles. The summed E-state index contributed by atoms with van der Waals surface area (Å²) >= 11 is 0. The van der Waals surface area contributed by atoms with Crippen LogP contribution < -0.4 is 0 Å². The van der Waals surface area contributed by atoms with Gasteiger partial charge in [0.1, 0.15) is 5.76 Å². The Morgan fingerprint density at radius 3 is 2.48 bits per heavy atom. The maximum Gasteiger partial charge on any atom is 0.295 e. The van der Waals surface area contributed by atoms with Crippen molar-refractivity contribution in [3.63, 3.8) is 0 Å². The molecular formula is C28H31NO4. The minimum absolute atomic E-state index is 0.0793. The van der Waals surface area contributed by atoms with Crippen molar-refractivity contribution in [1.29, 1.82) is 0 Å². The zero-order valence-corrected chi connectivity index (χ0v) is 19.2. The number of carbonyl (C=O) groups is 2. The molecule has 0 bridgehead atoms. The van der Waals surface area contributed by atoms with Gasteiger partial charge in [-0.3, -0.25) is 9.59 Å². The first-order chi connectivity index (χ1) is 16.1. The van der Waals surface area contributed by atoms with Crippen LogP contribution in [0, 0.1) is 0 Å². The number of amides is 1. The Morgan fingerprint density at radius 1 is 1.03 bits per heavy atom. The third-order valence-corrected chi connectivity index (χ3v) is 7.29. The molecule has 2 atom stereocenters. The predicted octanol–water partition coefficient (Wildman–Crippen LogP) is 4.73. The Bertz CT molecular complexity index is 1100. The minimum Gasteiger partial charge on any atom is -0.507 e. The zero-order chi connectivity index (χ0) is 22.9. The van der Waals surface area contributed by atoms with E-state index in [1.54, 1.807) is 4.90 Å². The van der Waals surface area contributed by atoms with Gasteiger partial charge in [0, 0.05) is 18.7 Å². The van der Waals surface area contributed by atoms with Crippen molar-refractivity contribution >= 4 is 17.4 Å². The third kappa shape index (κ3) is 4.10. The number of Topliss-reactive ketones (excluding diaryl/α,β-unsaturated/α-hetero) is 1. The Hall–Kier alpha value is -2.92. The second kappa shape index (κ2) is 9.14. The lowest BCUT2D eigenvalue weighted by Gasteiger charge is -2.27. The van der Waals surface area contributed by atoms with Gasteiger partial charge in [0.25, 0.3) is 11.7 Å². The number of likely N-dealkylation sites (tertiary alicyclic amines) is 1. The fourth-order valence-corrected chi connectivity index (χ4v) is 5.39. The quantitative estimate of drug-likeness (QED) is 0.411. The monoisotopic (exact) mass is 445 g/mol. The van der Waals surface area contributed by atoms with Gasteiger partial charge in [-0.05, 0) is 73.3 Å². The van der Waals surface area contributed by atoms with E-state index in [9.17, 15) is 14.7 Å². The highest BCUT2D eigenvalue weighted by molar-refractivity contribution is 6.46. The molecule has 1 amide bonds. The van der Waals surface area contributed by atoms with Crippen molar-refractivity contribution in [3.05, 3.63) is 75.9 Å². The van der Waals surface area contributed by atoms with Gasteiger partial charge >= 0.3 is 0 Å². The molecule has 2 aromatic carbocycles. The lowest BCUT2D eigenvalue weighted by atomic mass is 9.88. The largest absolute Gasteiger partial charge is 0.507 e. The van der Waals surface area contributed by atoms with Crippen molar-refractivity contribution in [2.75, 3.05) is 13.2 Å². The molecule has 0 aromatic heterocycles. The van der Waals surface area contributed by atoms with Gasteiger partial charge < -0.3 is 14.7 Å². The van der Waals surface area contributed by atoms with E-state index in [0.29, 0.717) is 18.7 Å². The van der Waals surface area contributed by atoms with Crippen LogP contribution in [-0.2, 0) is 33.6 Å². The topological polar surface area (TPSA) is 66.8 Å². The van der Waals surface area contributed by atoms with E-state index in [0.717, 1.165) is 44.1 Å². The number of benzene rings is 2. The summed E-state index contributed by atoms with van der Waals surface area (Å²) in [5.74, 6) is -1.26. The maximum atomic E-state index is 13.2. The van der Waals surface area contributed by atoms with Gasteiger partial charge in [-0.1, -0.05) is 43.3 Å². The van der Waals surface area contributed by atoms with Crippen LogP contribution in [0.25, 0.3) is 5.76 Å². The number of aliphatic hydroxyl groups excluding tert-OH is 1. The molecule has 2 fully saturated rings. The highest BCUT2D eigenvalue weighted by Gasteiger charge is 2.47. The number of ether oxygens (including phenoxy) is 1. The predicted molar refractivity (Wildman–Crippen MR) is 127 cm³/mol. The van der Waals surface area contributed by atoms with Crippen molar-refractivity contribution in [2.45, 2.75) is 64.0 Å². The molecule has 5 rings (SSSR count). The number of fused-ring (bicyclic) bond motifs is 1. The number of hydrogen-bond acceptors (Lipinski definition) is 4. The number of nitrogens with zero attached hydrogens (tertiary/aromatic N) is 1. The molecule has 2 unspecified atom stereocenters. The second-order valence-electron chi connectivity index (χ2n) is 9.37. The molecule has 2 saturated heterocycles. The number of carbonyl (C=O) groups excluding carboxylic acids is 2. The standard InChI is InChI=1S/C28H31NO4/c1-2-18-9-11-20(12-10-18)25-24(27(31)28(32)29(25)17-23-8-5-15-33-23)26(30)22-14-13-19-6-3-4-7-21(19)16-22/h9-14,16,23,25,30H,2-8,15,17H2,1H3/b26-24-. The molecule has 1 N–H and O–H groups in total. The van der Waals surface area contributed by atoms with Crippen molar-refractivity contribution in [3.8, 4) is 0 Å². The van der Waals surface area contributed by atoms with Gasteiger partial charge in [-0.15, -0.1) is 0 Å². The summed E-state index contributed by atoms with van der Waals surface area (Å²) in [4.78, 5) is 28.0. The third-order valence-electron chi connectivity index (χ3n) is 7.29. The SMILES string of the molecule is CCc1ccc(C2/C(=C(/O)c3ccc4c(c3)CCCC4)C(=O)C(=O)N2CC2CCCO2)cc1. The van der Waals surface area contributed by atoms with Gasteiger partial charge in [0.15, 0.2) is 0 Å². The van der Waals surface area contributed by atoms with E-state index >= 15 is 0 Å². The Labute approximate surface area is 195 Å².